The fourth-order valence-corrected chi connectivity index (χ4v) is 2.27. The number of aromatic nitrogens is 1. The topological polar surface area (TPSA) is 75.7 Å². The summed E-state index contributed by atoms with van der Waals surface area (Å²) in [4.78, 5) is 15.2. The van der Waals surface area contributed by atoms with Gasteiger partial charge in [-0.1, -0.05) is 12.1 Å². The van der Waals surface area contributed by atoms with Crippen molar-refractivity contribution in [2.75, 3.05) is 6.61 Å². The fourth-order valence-electron chi connectivity index (χ4n) is 2.27. The average Bonchev–Trinajstić information content (AvgIpc) is 2.84. The number of hydrogen-bond donors (Lipinski definition) is 2. The van der Waals surface area contributed by atoms with Gasteiger partial charge in [0.15, 0.2) is 11.5 Å². The number of hydrogen-bond acceptors (Lipinski definition) is 4. The van der Waals surface area contributed by atoms with Crippen molar-refractivity contribution in [1.29, 1.82) is 0 Å². The molecule has 1 aromatic carbocycles. The Hall–Kier alpha value is -2.76. The summed E-state index contributed by atoms with van der Waals surface area (Å²) in [7, 11) is 0. The Balaban J connectivity index is 1.60. The Morgan fingerprint density at radius 3 is 2.86 bits per heavy atom. The third-order valence-corrected chi connectivity index (χ3v) is 3.37. The second-order valence-electron chi connectivity index (χ2n) is 5.13. The first-order valence-corrected chi connectivity index (χ1v) is 7.01. The monoisotopic (exact) mass is 299 g/mol. The van der Waals surface area contributed by atoms with Gasteiger partial charge in [0, 0.05) is 17.0 Å². The van der Waals surface area contributed by atoms with Gasteiger partial charge >= 0.3 is 0 Å². The van der Waals surface area contributed by atoms with Crippen LogP contribution in [0.2, 0.25) is 0 Å². The summed E-state index contributed by atoms with van der Waals surface area (Å²) in [6.45, 7) is 4.08. The van der Waals surface area contributed by atoms with Crippen LogP contribution in [0.5, 0.6) is 11.5 Å². The molecule has 0 aliphatic carbocycles. The maximum atomic E-state index is 12.1. The van der Waals surface area contributed by atoms with Crippen molar-refractivity contribution in [3.63, 3.8) is 0 Å². The number of H-pyrrole nitrogens is 1. The number of hydrazone groups is 1. The van der Waals surface area contributed by atoms with Crippen molar-refractivity contribution < 1.29 is 14.3 Å². The van der Waals surface area contributed by atoms with Crippen LogP contribution in [0.4, 0.5) is 0 Å². The molecule has 6 nitrogen and oxygen atoms in total. The molecule has 6 heteroatoms. The minimum Gasteiger partial charge on any atom is -0.485 e. The van der Waals surface area contributed by atoms with Crippen LogP contribution in [0.3, 0.4) is 0 Å². The largest absolute Gasteiger partial charge is 0.485 e. The van der Waals surface area contributed by atoms with Gasteiger partial charge in [0.25, 0.3) is 5.91 Å². The molecule has 114 valence electrons. The number of amides is 1. The van der Waals surface area contributed by atoms with Crippen LogP contribution in [-0.4, -0.2) is 29.8 Å². The van der Waals surface area contributed by atoms with Crippen molar-refractivity contribution in [3.05, 3.63) is 47.3 Å². The summed E-state index contributed by atoms with van der Waals surface area (Å²) < 4.78 is 11.1. The molecule has 0 spiro atoms. The Kier molecular flexibility index (Phi) is 3.82. The van der Waals surface area contributed by atoms with Gasteiger partial charge in [-0.15, -0.1) is 0 Å². The number of nitrogens with zero attached hydrogens (tertiary/aromatic N) is 1. The molecular formula is C16H17N3O3. The van der Waals surface area contributed by atoms with Gasteiger partial charge in [-0.05, 0) is 32.0 Å². The molecule has 1 aromatic heterocycles. The van der Waals surface area contributed by atoms with E-state index < -0.39 is 6.10 Å². The predicted molar refractivity (Wildman–Crippen MR) is 82.4 cm³/mol. The zero-order valence-electron chi connectivity index (χ0n) is 12.4. The number of fused-ring (bicyclic) bond motifs is 1. The number of nitrogens with one attached hydrogen (secondary N) is 2. The minimum atomic E-state index is -0.707. The van der Waals surface area contributed by atoms with Crippen molar-refractivity contribution in [3.8, 4) is 11.5 Å². The molecule has 1 aliphatic rings. The minimum absolute atomic E-state index is 0.167. The molecule has 1 atom stereocenters. The van der Waals surface area contributed by atoms with Crippen LogP contribution in [0.1, 0.15) is 17.0 Å². The third-order valence-electron chi connectivity index (χ3n) is 3.37. The first-order valence-electron chi connectivity index (χ1n) is 7.01. The Morgan fingerprint density at radius 2 is 2.14 bits per heavy atom. The van der Waals surface area contributed by atoms with E-state index in [1.165, 1.54) is 0 Å². The van der Waals surface area contributed by atoms with Crippen LogP contribution in [0, 0.1) is 13.8 Å². The highest BCUT2D eigenvalue weighted by atomic mass is 16.6. The van der Waals surface area contributed by atoms with Gasteiger partial charge in [0.1, 0.15) is 6.61 Å². The maximum absolute atomic E-state index is 12.1. The van der Waals surface area contributed by atoms with Crippen LogP contribution in [-0.2, 0) is 4.79 Å². The Labute approximate surface area is 128 Å². The highest BCUT2D eigenvalue weighted by Crippen LogP contribution is 2.30. The lowest BCUT2D eigenvalue weighted by molar-refractivity contribution is -0.130. The number of carbonyl (C=O) groups is 1. The number of carbonyl (C=O) groups excluding carboxylic acids is 1. The first-order chi connectivity index (χ1) is 10.6. The predicted octanol–water partition coefficient (Wildman–Crippen LogP) is 1.92. The van der Waals surface area contributed by atoms with Gasteiger partial charge < -0.3 is 14.5 Å². The number of aromatic amines is 1. The van der Waals surface area contributed by atoms with Crippen molar-refractivity contribution in [1.82, 2.24) is 10.4 Å². The molecule has 1 aliphatic heterocycles. The SMILES string of the molecule is Cc1cc(C=NNC(=O)C2COc3ccccc3O2)c(C)[nH]1. The second-order valence-corrected chi connectivity index (χ2v) is 5.13. The number of ether oxygens (including phenoxy) is 2. The summed E-state index contributed by atoms with van der Waals surface area (Å²) in [5.74, 6) is 0.874. The summed E-state index contributed by atoms with van der Waals surface area (Å²) in [6.07, 6.45) is 0.898. The molecular weight excluding hydrogens is 282 g/mol. The lowest BCUT2D eigenvalue weighted by Crippen LogP contribution is -2.42. The number of rotatable bonds is 3. The van der Waals surface area contributed by atoms with Crippen LogP contribution < -0.4 is 14.9 Å². The molecule has 0 saturated heterocycles. The lowest BCUT2D eigenvalue weighted by atomic mass is 10.2. The van der Waals surface area contributed by atoms with E-state index in [1.54, 1.807) is 18.3 Å². The Bertz CT molecular complexity index is 721. The quantitative estimate of drug-likeness (QED) is 0.671. The van der Waals surface area contributed by atoms with E-state index in [0.29, 0.717) is 11.5 Å². The molecule has 0 radical (unpaired) electrons. The normalized spacial score (nSPS) is 16.7. The maximum Gasteiger partial charge on any atom is 0.284 e. The van der Waals surface area contributed by atoms with E-state index in [1.807, 2.05) is 32.0 Å². The summed E-state index contributed by atoms with van der Waals surface area (Å²) in [5.41, 5.74) is 5.46. The highest BCUT2D eigenvalue weighted by Gasteiger charge is 2.26. The molecule has 1 amide bonds. The van der Waals surface area contributed by atoms with Gasteiger partial charge in [0.2, 0.25) is 6.10 Å². The van der Waals surface area contributed by atoms with Gasteiger partial charge in [0.05, 0.1) is 6.21 Å². The van der Waals surface area contributed by atoms with E-state index >= 15 is 0 Å². The van der Waals surface area contributed by atoms with E-state index in [9.17, 15) is 4.79 Å². The van der Waals surface area contributed by atoms with Crippen LogP contribution in [0.25, 0.3) is 0 Å². The summed E-state index contributed by atoms with van der Waals surface area (Å²) in [6, 6.07) is 9.22. The smallest absolute Gasteiger partial charge is 0.284 e. The second kappa shape index (κ2) is 5.93. The van der Waals surface area contributed by atoms with Crippen molar-refractivity contribution in [2.45, 2.75) is 20.0 Å². The highest BCUT2D eigenvalue weighted by molar-refractivity contribution is 5.85. The van der Waals surface area contributed by atoms with Crippen LogP contribution in [0.15, 0.2) is 35.4 Å². The van der Waals surface area contributed by atoms with Gasteiger partial charge in [-0.25, -0.2) is 5.43 Å². The summed E-state index contributed by atoms with van der Waals surface area (Å²) >= 11 is 0. The molecule has 22 heavy (non-hydrogen) atoms. The fraction of sp³-hybridized carbons (Fsp3) is 0.250. The third kappa shape index (κ3) is 2.95. The zero-order valence-corrected chi connectivity index (χ0v) is 12.4. The van der Waals surface area contributed by atoms with Crippen molar-refractivity contribution >= 4 is 12.1 Å². The number of benzene rings is 1. The standard InChI is InChI=1S/C16H17N3O3/c1-10-7-12(11(2)18-10)8-17-19-16(20)15-9-21-13-5-3-4-6-14(13)22-15/h3-8,15,18H,9H2,1-2H3,(H,19,20). The molecule has 0 saturated carbocycles. The van der Waals surface area contributed by atoms with Gasteiger partial charge in [-0.3, -0.25) is 4.79 Å². The van der Waals surface area contributed by atoms with Crippen LogP contribution >= 0.6 is 0 Å². The average molecular weight is 299 g/mol. The van der Waals surface area contributed by atoms with E-state index in [2.05, 4.69) is 15.5 Å². The number of aryl methyl sites for hydroxylation is 2. The molecule has 2 heterocycles. The molecule has 1 unspecified atom stereocenters. The molecule has 2 N–H and O–H groups in total. The van der Waals surface area contributed by atoms with Crippen molar-refractivity contribution in [2.24, 2.45) is 5.10 Å². The summed E-state index contributed by atoms with van der Waals surface area (Å²) in [5, 5.41) is 3.97. The first kappa shape index (κ1) is 14.2. The zero-order chi connectivity index (χ0) is 15.5. The van der Waals surface area contributed by atoms with E-state index in [4.69, 9.17) is 9.47 Å². The number of para-hydroxylation sites is 2. The van der Waals surface area contributed by atoms with E-state index in [-0.39, 0.29) is 12.5 Å². The molecule has 3 rings (SSSR count). The lowest BCUT2D eigenvalue weighted by Gasteiger charge is -2.24. The van der Waals surface area contributed by atoms with E-state index in [0.717, 1.165) is 17.0 Å². The Morgan fingerprint density at radius 1 is 1.36 bits per heavy atom. The molecule has 2 aromatic rings. The molecule has 0 fully saturated rings. The van der Waals surface area contributed by atoms with Gasteiger partial charge in [-0.2, -0.15) is 5.10 Å². The molecule has 0 bridgehead atoms.